The van der Waals surface area contributed by atoms with Crippen LogP contribution in [0.25, 0.3) is 0 Å². The van der Waals surface area contributed by atoms with E-state index in [1.807, 2.05) is 0 Å². The zero-order chi connectivity index (χ0) is 15.5. The third-order valence-corrected chi connectivity index (χ3v) is 5.15. The van der Waals surface area contributed by atoms with E-state index < -0.39 is 21.5 Å². The van der Waals surface area contributed by atoms with E-state index in [0.717, 1.165) is 0 Å². The Morgan fingerprint density at radius 3 is 2.82 bits per heavy atom. The molecule has 124 valence electrons. The van der Waals surface area contributed by atoms with Gasteiger partial charge in [0.25, 0.3) is 0 Å². The fraction of sp³-hybridized carbons (Fsp3) is 0.500. The monoisotopic (exact) mass is 350 g/mol. The van der Waals surface area contributed by atoms with Crippen molar-refractivity contribution < 1.29 is 17.6 Å². The molecule has 5 nitrogen and oxygen atoms in total. The van der Waals surface area contributed by atoms with Gasteiger partial charge in [0, 0.05) is 25.4 Å². The van der Waals surface area contributed by atoms with Gasteiger partial charge >= 0.3 is 0 Å². The molecule has 0 saturated carbocycles. The predicted molar refractivity (Wildman–Crippen MR) is 85.3 cm³/mol. The Morgan fingerprint density at radius 1 is 1.45 bits per heavy atom. The number of carbonyl (C=O) groups is 1. The number of sulfone groups is 1. The second kappa shape index (κ2) is 7.89. The summed E-state index contributed by atoms with van der Waals surface area (Å²) in [5.74, 6) is -1.34. The highest BCUT2D eigenvalue weighted by molar-refractivity contribution is 7.92. The molecule has 2 rings (SSSR count). The Balaban J connectivity index is 0.00000242. The highest BCUT2D eigenvalue weighted by atomic mass is 35.5. The Labute approximate surface area is 136 Å². The van der Waals surface area contributed by atoms with E-state index in [9.17, 15) is 17.6 Å². The molecule has 0 aromatic heterocycles. The van der Waals surface area contributed by atoms with Crippen LogP contribution in [-0.4, -0.2) is 50.4 Å². The highest BCUT2D eigenvalue weighted by Crippen LogP contribution is 2.23. The molecule has 1 atom stereocenters. The van der Waals surface area contributed by atoms with Gasteiger partial charge < -0.3 is 10.2 Å². The Kier molecular flexibility index (Phi) is 6.77. The van der Waals surface area contributed by atoms with Crippen molar-refractivity contribution in [2.75, 3.05) is 31.1 Å². The summed E-state index contributed by atoms with van der Waals surface area (Å²) in [6, 6.07) is 5.72. The molecule has 1 unspecified atom stereocenters. The molecule has 0 bridgehead atoms. The van der Waals surface area contributed by atoms with Gasteiger partial charge in [-0.1, -0.05) is 19.1 Å². The van der Waals surface area contributed by atoms with Crippen LogP contribution in [0.5, 0.6) is 0 Å². The average Bonchev–Trinajstić information content (AvgIpc) is 2.47. The van der Waals surface area contributed by atoms with Crippen molar-refractivity contribution >= 4 is 28.2 Å². The van der Waals surface area contributed by atoms with Crippen LogP contribution in [0.3, 0.4) is 0 Å². The zero-order valence-electron chi connectivity index (χ0n) is 12.3. The van der Waals surface area contributed by atoms with E-state index in [0.29, 0.717) is 25.2 Å². The van der Waals surface area contributed by atoms with Crippen LogP contribution in [0, 0.1) is 5.82 Å². The maximum Gasteiger partial charge on any atom is 0.238 e. The zero-order valence-corrected chi connectivity index (χ0v) is 13.9. The molecule has 22 heavy (non-hydrogen) atoms. The Bertz CT molecular complexity index is 624. The summed E-state index contributed by atoms with van der Waals surface area (Å²) < 4.78 is 36.6. The summed E-state index contributed by atoms with van der Waals surface area (Å²) in [5.41, 5.74) is 0.671. The fourth-order valence-electron chi connectivity index (χ4n) is 2.39. The van der Waals surface area contributed by atoms with Gasteiger partial charge in [0.2, 0.25) is 5.91 Å². The van der Waals surface area contributed by atoms with E-state index in [2.05, 4.69) is 5.32 Å². The molecule has 1 N–H and O–H groups in total. The van der Waals surface area contributed by atoms with Crippen LogP contribution in [0.15, 0.2) is 24.3 Å². The molecule has 1 aromatic rings. The molecule has 1 amide bonds. The van der Waals surface area contributed by atoms with Crippen molar-refractivity contribution in [1.29, 1.82) is 0 Å². The molecule has 0 radical (unpaired) electrons. The molecule has 1 saturated heterocycles. The van der Waals surface area contributed by atoms with Gasteiger partial charge in [0.1, 0.15) is 11.6 Å². The summed E-state index contributed by atoms with van der Waals surface area (Å²) in [6.07, 6.45) is 0. The highest BCUT2D eigenvalue weighted by Gasteiger charge is 2.30. The summed E-state index contributed by atoms with van der Waals surface area (Å²) >= 11 is 0. The van der Waals surface area contributed by atoms with E-state index in [-0.39, 0.29) is 30.0 Å². The quantitative estimate of drug-likeness (QED) is 0.884. The first kappa shape index (κ1) is 18.9. The molecule has 1 aromatic carbocycles. The molecule has 1 aliphatic heterocycles. The lowest BCUT2D eigenvalue weighted by Gasteiger charge is -2.36. The topological polar surface area (TPSA) is 66.5 Å². The van der Waals surface area contributed by atoms with Crippen LogP contribution in [0.1, 0.15) is 18.5 Å². The number of halogens is 2. The number of hydrogen-bond donors (Lipinski definition) is 1. The number of benzene rings is 1. The lowest BCUT2D eigenvalue weighted by atomic mass is 10.0. The predicted octanol–water partition coefficient (Wildman–Crippen LogP) is 1.16. The minimum Gasteiger partial charge on any atom is -0.332 e. The lowest BCUT2D eigenvalue weighted by Crippen LogP contribution is -2.50. The largest absolute Gasteiger partial charge is 0.332 e. The average molecular weight is 351 g/mol. The van der Waals surface area contributed by atoms with Gasteiger partial charge in [-0.2, -0.15) is 0 Å². The summed E-state index contributed by atoms with van der Waals surface area (Å²) in [7, 11) is -3.37. The summed E-state index contributed by atoms with van der Waals surface area (Å²) in [5, 5.41) is 3.15. The molecular weight excluding hydrogens is 331 g/mol. The van der Waals surface area contributed by atoms with Crippen LogP contribution < -0.4 is 5.32 Å². The number of amides is 1. The number of carbonyl (C=O) groups excluding carboxylic acids is 1. The first-order valence-corrected chi connectivity index (χ1v) is 8.71. The van der Waals surface area contributed by atoms with E-state index >= 15 is 0 Å². The van der Waals surface area contributed by atoms with Gasteiger partial charge in [0.05, 0.1) is 6.04 Å². The van der Waals surface area contributed by atoms with Gasteiger partial charge in [-0.15, -0.1) is 12.4 Å². The first-order valence-electron chi connectivity index (χ1n) is 6.89. The molecule has 1 fully saturated rings. The van der Waals surface area contributed by atoms with E-state index in [1.54, 1.807) is 12.1 Å². The lowest BCUT2D eigenvalue weighted by molar-refractivity contribution is -0.131. The number of nitrogens with zero attached hydrogens (tertiary/aromatic N) is 1. The van der Waals surface area contributed by atoms with E-state index in [4.69, 9.17) is 0 Å². The molecule has 8 heteroatoms. The second-order valence-electron chi connectivity index (χ2n) is 5.04. The number of piperazine rings is 1. The molecular formula is C14H20ClFN2O3S. The van der Waals surface area contributed by atoms with Gasteiger partial charge in [-0.25, -0.2) is 12.8 Å². The number of hydrogen-bond acceptors (Lipinski definition) is 4. The number of nitrogens with one attached hydrogen (secondary N) is 1. The molecule has 1 aliphatic rings. The molecule has 1 heterocycles. The maximum absolute atomic E-state index is 13.4. The van der Waals surface area contributed by atoms with Crippen LogP contribution in [0.2, 0.25) is 0 Å². The Hall–Kier alpha value is -1.18. The van der Waals surface area contributed by atoms with Crippen molar-refractivity contribution in [3.63, 3.8) is 0 Å². The van der Waals surface area contributed by atoms with Gasteiger partial charge in [-0.05, 0) is 17.7 Å². The van der Waals surface area contributed by atoms with Crippen molar-refractivity contribution in [3.05, 3.63) is 35.6 Å². The normalized spacial score (nSPS) is 18.6. The molecule has 0 spiro atoms. The smallest absolute Gasteiger partial charge is 0.238 e. The minimum atomic E-state index is -3.37. The van der Waals surface area contributed by atoms with Crippen molar-refractivity contribution in [2.45, 2.75) is 13.0 Å². The minimum absolute atomic E-state index is 0. The van der Waals surface area contributed by atoms with Crippen molar-refractivity contribution in [1.82, 2.24) is 10.2 Å². The van der Waals surface area contributed by atoms with Gasteiger partial charge in [-0.3, -0.25) is 4.79 Å². The maximum atomic E-state index is 13.4. The van der Waals surface area contributed by atoms with E-state index in [1.165, 1.54) is 24.0 Å². The Morgan fingerprint density at radius 2 is 2.18 bits per heavy atom. The molecule has 0 aliphatic carbocycles. The first-order chi connectivity index (χ1) is 9.93. The fourth-order valence-corrected chi connectivity index (χ4v) is 3.13. The number of rotatable bonds is 4. The third-order valence-electron chi connectivity index (χ3n) is 3.58. The third kappa shape index (κ3) is 4.66. The summed E-state index contributed by atoms with van der Waals surface area (Å²) in [4.78, 5) is 13.8. The SMILES string of the molecule is CCS(=O)(=O)CC(=O)N1CCNCC1c1cccc(F)c1.Cl. The van der Waals surface area contributed by atoms with Crippen LogP contribution in [-0.2, 0) is 14.6 Å². The van der Waals surface area contributed by atoms with Crippen molar-refractivity contribution in [2.24, 2.45) is 0 Å². The van der Waals surface area contributed by atoms with Crippen LogP contribution in [0.4, 0.5) is 4.39 Å². The standard InChI is InChI=1S/C14H19FN2O3S.ClH/c1-2-21(19,20)10-14(18)17-7-6-16-9-13(17)11-4-3-5-12(15)8-11;/h3-5,8,13,16H,2,6-7,9-10H2,1H3;1H. The van der Waals surface area contributed by atoms with Crippen molar-refractivity contribution in [3.8, 4) is 0 Å². The van der Waals surface area contributed by atoms with Gasteiger partial charge in [0.15, 0.2) is 9.84 Å². The van der Waals surface area contributed by atoms with Crippen LogP contribution >= 0.6 is 12.4 Å². The second-order valence-corrected chi connectivity index (χ2v) is 7.39. The summed E-state index contributed by atoms with van der Waals surface area (Å²) in [6.45, 7) is 3.02.